The Kier molecular flexibility index (Phi) is 9.21. The Morgan fingerprint density at radius 2 is 1.58 bits per heavy atom. The van der Waals surface area contributed by atoms with Gasteiger partial charge in [0.25, 0.3) is 0 Å². The van der Waals surface area contributed by atoms with Crippen molar-refractivity contribution in [2.24, 2.45) is 5.92 Å². The molecule has 3 N–H and O–H groups in total. The van der Waals surface area contributed by atoms with Gasteiger partial charge in [0.2, 0.25) is 11.8 Å². The van der Waals surface area contributed by atoms with Crippen molar-refractivity contribution in [3.8, 4) is 0 Å². The lowest BCUT2D eigenvalue weighted by Gasteiger charge is -2.21. The van der Waals surface area contributed by atoms with E-state index in [1.807, 2.05) is 34.7 Å². The molecule has 2 amide bonds. The smallest absolute Gasteiger partial charge is 0.242 e. The Morgan fingerprint density at radius 3 is 2.05 bits per heavy atom. The van der Waals surface area contributed by atoms with E-state index in [-0.39, 0.29) is 23.8 Å². The summed E-state index contributed by atoms with van der Waals surface area (Å²) in [5, 5.41) is 8.76. The number of amides is 2. The maximum absolute atomic E-state index is 12.0. The molecule has 5 heteroatoms. The average molecular weight is 271 g/mol. The van der Waals surface area contributed by atoms with Crippen LogP contribution in [0, 0.1) is 5.92 Å². The number of carbonyl (C=O) groups is 2. The highest BCUT2D eigenvalue weighted by Crippen LogP contribution is 2.03. The second kappa shape index (κ2) is 9.78. The minimum atomic E-state index is -0.422. The first kappa shape index (κ1) is 17.9. The van der Waals surface area contributed by atoms with E-state index in [2.05, 4.69) is 16.0 Å². The third kappa shape index (κ3) is 8.59. The van der Waals surface area contributed by atoms with Crippen LogP contribution in [-0.4, -0.2) is 37.5 Å². The molecule has 1 atom stereocenters. The zero-order valence-corrected chi connectivity index (χ0v) is 12.9. The molecule has 1 unspecified atom stereocenters. The van der Waals surface area contributed by atoms with Crippen LogP contribution in [0.1, 0.15) is 47.0 Å². The molecule has 0 spiro atoms. The molecule has 0 heterocycles. The molecule has 0 bridgehead atoms. The van der Waals surface area contributed by atoms with Crippen LogP contribution in [0.2, 0.25) is 0 Å². The molecular formula is C14H29N3O2. The maximum atomic E-state index is 12.0. The Bertz CT molecular complexity index is 278. The van der Waals surface area contributed by atoms with Gasteiger partial charge in [0, 0.05) is 12.0 Å². The molecule has 0 aliphatic carbocycles. The molecule has 0 aromatic heterocycles. The van der Waals surface area contributed by atoms with Crippen LogP contribution in [0.4, 0.5) is 0 Å². The molecule has 19 heavy (non-hydrogen) atoms. The van der Waals surface area contributed by atoms with Crippen LogP contribution in [0.3, 0.4) is 0 Å². The third-order valence-corrected chi connectivity index (χ3v) is 2.76. The number of hydrogen-bond acceptors (Lipinski definition) is 3. The fraction of sp³-hybridized carbons (Fsp3) is 0.857. The lowest BCUT2D eigenvalue weighted by molar-refractivity contribution is -0.131. The SMILES string of the molecule is CNCCCCC(NC(=O)C(C)C)C(=O)NC(C)C. The predicted molar refractivity (Wildman–Crippen MR) is 77.8 cm³/mol. The van der Waals surface area contributed by atoms with Gasteiger partial charge < -0.3 is 16.0 Å². The van der Waals surface area contributed by atoms with Gasteiger partial charge in [0.1, 0.15) is 6.04 Å². The molecule has 112 valence electrons. The summed E-state index contributed by atoms with van der Waals surface area (Å²) in [7, 11) is 1.91. The van der Waals surface area contributed by atoms with Gasteiger partial charge in [0.05, 0.1) is 0 Å². The first-order chi connectivity index (χ1) is 8.88. The Balaban J connectivity index is 4.37. The van der Waals surface area contributed by atoms with E-state index >= 15 is 0 Å². The summed E-state index contributed by atoms with van der Waals surface area (Å²) in [5.41, 5.74) is 0. The molecule has 0 fully saturated rings. The van der Waals surface area contributed by atoms with Crippen molar-refractivity contribution in [2.75, 3.05) is 13.6 Å². The van der Waals surface area contributed by atoms with Crippen LogP contribution < -0.4 is 16.0 Å². The van der Waals surface area contributed by atoms with Crippen molar-refractivity contribution >= 4 is 11.8 Å². The Hall–Kier alpha value is -1.10. The number of unbranched alkanes of at least 4 members (excludes halogenated alkanes) is 1. The van der Waals surface area contributed by atoms with Crippen molar-refractivity contribution < 1.29 is 9.59 Å². The maximum Gasteiger partial charge on any atom is 0.242 e. The van der Waals surface area contributed by atoms with Gasteiger partial charge >= 0.3 is 0 Å². The molecule has 0 rings (SSSR count). The van der Waals surface area contributed by atoms with Gasteiger partial charge in [-0.05, 0) is 46.7 Å². The minimum Gasteiger partial charge on any atom is -0.352 e. The molecular weight excluding hydrogens is 242 g/mol. The lowest BCUT2D eigenvalue weighted by Crippen LogP contribution is -2.49. The van der Waals surface area contributed by atoms with Crippen molar-refractivity contribution in [3.63, 3.8) is 0 Å². The third-order valence-electron chi connectivity index (χ3n) is 2.76. The van der Waals surface area contributed by atoms with Crippen molar-refractivity contribution in [1.82, 2.24) is 16.0 Å². The summed E-state index contributed by atoms with van der Waals surface area (Å²) >= 11 is 0. The summed E-state index contributed by atoms with van der Waals surface area (Å²) in [6.45, 7) is 8.42. The van der Waals surface area contributed by atoms with Gasteiger partial charge in [-0.25, -0.2) is 0 Å². The van der Waals surface area contributed by atoms with Crippen LogP contribution in [0.25, 0.3) is 0 Å². The lowest BCUT2D eigenvalue weighted by atomic mass is 10.1. The number of nitrogens with one attached hydrogen (secondary N) is 3. The van der Waals surface area contributed by atoms with Gasteiger partial charge in [-0.3, -0.25) is 9.59 Å². The van der Waals surface area contributed by atoms with E-state index in [0.29, 0.717) is 6.42 Å². The monoisotopic (exact) mass is 271 g/mol. The summed E-state index contributed by atoms with van der Waals surface area (Å²) in [6, 6.07) is -0.336. The summed E-state index contributed by atoms with van der Waals surface area (Å²) in [4.78, 5) is 23.8. The fourth-order valence-corrected chi connectivity index (χ4v) is 1.64. The summed E-state index contributed by atoms with van der Waals surface area (Å²) in [6.07, 6.45) is 2.59. The van der Waals surface area contributed by atoms with Crippen LogP contribution in [0.5, 0.6) is 0 Å². The van der Waals surface area contributed by atoms with Crippen LogP contribution >= 0.6 is 0 Å². The van der Waals surface area contributed by atoms with Crippen LogP contribution in [0.15, 0.2) is 0 Å². The minimum absolute atomic E-state index is 0.0717. The molecule has 0 aliphatic heterocycles. The molecule has 0 saturated carbocycles. The molecule has 5 nitrogen and oxygen atoms in total. The van der Waals surface area contributed by atoms with Crippen molar-refractivity contribution in [3.05, 3.63) is 0 Å². The van der Waals surface area contributed by atoms with E-state index in [9.17, 15) is 9.59 Å². The van der Waals surface area contributed by atoms with Gasteiger partial charge in [-0.15, -0.1) is 0 Å². The van der Waals surface area contributed by atoms with E-state index in [1.54, 1.807) is 0 Å². The quantitative estimate of drug-likeness (QED) is 0.549. The van der Waals surface area contributed by atoms with Gasteiger partial charge in [0.15, 0.2) is 0 Å². The highest BCUT2D eigenvalue weighted by molar-refractivity contribution is 5.88. The van der Waals surface area contributed by atoms with Gasteiger partial charge in [-0.1, -0.05) is 13.8 Å². The molecule has 0 aromatic carbocycles. The van der Waals surface area contributed by atoms with E-state index in [1.165, 1.54) is 0 Å². The second-order valence-electron chi connectivity index (χ2n) is 5.48. The molecule has 0 aliphatic rings. The number of hydrogen-bond donors (Lipinski definition) is 3. The average Bonchev–Trinajstić information content (AvgIpc) is 2.31. The fourth-order valence-electron chi connectivity index (χ4n) is 1.64. The zero-order chi connectivity index (χ0) is 14.8. The summed E-state index contributed by atoms with van der Waals surface area (Å²) < 4.78 is 0. The van der Waals surface area contributed by atoms with Crippen LogP contribution in [-0.2, 0) is 9.59 Å². The van der Waals surface area contributed by atoms with Gasteiger partial charge in [-0.2, -0.15) is 0 Å². The zero-order valence-electron chi connectivity index (χ0n) is 12.9. The van der Waals surface area contributed by atoms with Crippen molar-refractivity contribution in [2.45, 2.75) is 59.0 Å². The molecule has 0 saturated heterocycles. The molecule has 0 aromatic rings. The highest BCUT2D eigenvalue weighted by Gasteiger charge is 2.21. The van der Waals surface area contributed by atoms with E-state index in [4.69, 9.17) is 0 Å². The second-order valence-corrected chi connectivity index (χ2v) is 5.48. The van der Waals surface area contributed by atoms with Crippen molar-refractivity contribution in [1.29, 1.82) is 0 Å². The predicted octanol–water partition coefficient (Wildman–Crippen LogP) is 1.04. The topological polar surface area (TPSA) is 70.2 Å². The highest BCUT2D eigenvalue weighted by atomic mass is 16.2. The normalized spacial score (nSPS) is 12.6. The Labute approximate surface area is 116 Å². The largest absolute Gasteiger partial charge is 0.352 e. The number of carbonyl (C=O) groups excluding carboxylic acids is 2. The first-order valence-electron chi connectivity index (χ1n) is 7.13. The summed E-state index contributed by atoms with van der Waals surface area (Å²) in [5.74, 6) is -0.266. The van der Waals surface area contributed by atoms with E-state index < -0.39 is 6.04 Å². The molecule has 0 radical (unpaired) electrons. The first-order valence-corrected chi connectivity index (χ1v) is 7.13. The standard InChI is InChI=1S/C14H29N3O2/c1-10(2)13(18)17-12(8-6-7-9-15-5)14(19)16-11(3)4/h10-12,15H,6-9H2,1-5H3,(H,16,19)(H,17,18). The number of rotatable bonds is 9. The van der Waals surface area contributed by atoms with E-state index in [0.717, 1.165) is 19.4 Å². The Morgan fingerprint density at radius 1 is 0.947 bits per heavy atom.